The first-order valence-electron chi connectivity index (χ1n) is 6.85. The maximum atomic E-state index is 11.8. The summed E-state index contributed by atoms with van der Waals surface area (Å²) < 4.78 is 0. The van der Waals surface area contributed by atoms with Crippen LogP contribution in [0, 0.1) is 24.2 Å². The number of benzene rings is 1. The molecule has 2 unspecified atom stereocenters. The number of carbonyl (C=O) groups is 4. The number of rotatable bonds is 7. The first-order valence-corrected chi connectivity index (χ1v) is 6.85. The van der Waals surface area contributed by atoms with Gasteiger partial charge in [0.2, 0.25) is 0 Å². The summed E-state index contributed by atoms with van der Waals surface area (Å²) >= 11 is 0. The number of hydrogen-bond acceptors (Lipinski definition) is 7. The van der Waals surface area contributed by atoms with Crippen molar-refractivity contribution in [2.75, 3.05) is 0 Å². The summed E-state index contributed by atoms with van der Waals surface area (Å²) in [6, 6.07) is 5.41. The van der Waals surface area contributed by atoms with Crippen molar-refractivity contribution in [1.29, 1.82) is 0 Å². The van der Waals surface area contributed by atoms with Crippen LogP contribution < -0.4 is 0 Å². The minimum absolute atomic E-state index is 0.0413. The Morgan fingerprint density at radius 1 is 0.960 bits per heavy atom. The smallest absolute Gasteiger partial charge is 0.370 e. The molecule has 1 aromatic carbocycles. The van der Waals surface area contributed by atoms with Crippen molar-refractivity contribution in [2.24, 2.45) is 11.8 Å². The normalized spacial score (nSPS) is 12.3. The Balaban J connectivity index is 2.72. The number of carboxylic acids is 2. The van der Waals surface area contributed by atoms with Gasteiger partial charge in [-0.25, -0.2) is 19.4 Å². The molecule has 9 nitrogen and oxygen atoms in total. The second-order valence-electron chi connectivity index (χ2n) is 4.87. The van der Waals surface area contributed by atoms with Gasteiger partial charge in [0.05, 0.1) is 0 Å². The van der Waals surface area contributed by atoms with Gasteiger partial charge in [-0.1, -0.05) is 12.1 Å². The Morgan fingerprint density at radius 3 is 1.88 bits per heavy atom. The number of terminal acetylenes is 1. The number of aliphatic carboxylic acids is 2. The summed E-state index contributed by atoms with van der Waals surface area (Å²) in [4.78, 5) is 53.6. The van der Waals surface area contributed by atoms with Gasteiger partial charge in [0, 0.05) is 6.42 Å². The van der Waals surface area contributed by atoms with Crippen molar-refractivity contribution in [3.63, 3.8) is 0 Å². The van der Waals surface area contributed by atoms with Gasteiger partial charge in [-0.3, -0.25) is 9.59 Å². The third kappa shape index (κ3) is 5.87. The van der Waals surface area contributed by atoms with E-state index in [4.69, 9.17) is 21.7 Å². The molecule has 0 aliphatic heterocycles. The van der Waals surface area contributed by atoms with Crippen LogP contribution in [0.5, 0.6) is 5.75 Å². The molecular weight excluding hydrogens is 336 g/mol. The number of phenols is 1. The standard InChI is InChI=1S/C16H14O9/c1-2-3-11(13(18)19)15(22)24-25-16(23)12(14(20)21)8-9-4-6-10(17)7-5-9/h1,4-7,11-12,17H,3,8H2,(H,18,19)(H,20,21). The molecule has 0 heterocycles. The zero-order chi connectivity index (χ0) is 19.0. The van der Waals surface area contributed by atoms with Crippen LogP contribution in [0.4, 0.5) is 0 Å². The van der Waals surface area contributed by atoms with Crippen molar-refractivity contribution in [2.45, 2.75) is 12.8 Å². The second kappa shape index (κ2) is 8.93. The van der Waals surface area contributed by atoms with Gasteiger partial charge in [-0.2, -0.15) is 0 Å². The maximum Gasteiger partial charge on any atom is 0.370 e. The van der Waals surface area contributed by atoms with Gasteiger partial charge in [0.25, 0.3) is 0 Å². The molecule has 132 valence electrons. The van der Waals surface area contributed by atoms with Gasteiger partial charge in [-0.15, -0.1) is 12.3 Å². The Bertz CT molecular complexity index is 699. The highest BCUT2D eigenvalue weighted by Crippen LogP contribution is 2.16. The lowest BCUT2D eigenvalue weighted by Crippen LogP contribution is -2.31. The van der Waals surface area contributed by atoms with Crippen LogP contribution in [-0.2, 0) is 35.4 Å². The minimum atomic E-state index is -1.74. The SMILES string of the molecule is C#CCC(C(=O)O)C(=O)OOC(=O)C(Cc1ccc(O)cc1)C(=O)O. The third-order valence-corrected chi connectivity index (χ3v) is 3.07. The Morgan fingerprint density at radius 2 is 1.44 bits per heavy atom. The molecule has 3 N–H and O–H groups in total. The molecule has 25 heavy (non-hydrogen) atoms. The fourth-order valence-electron chi connectivity index (χ4n) is 1.73. The summed E-state index contributed by atoms with van der Waals surface area (Å²) in [5.74, 6) is -7.44. The Kier molecular flexibility index (Phi) is 6.97. The lowest BCUT2D eigenvalue weighted by atomic mass is 10.00. The Hall–Kier alpha value is -3.54. The van der Waals surface area contributed by atoms with E-state index in [9.17, 15) is 19.2 Å². The zero-order valence-corrected chi connectivity index (χ0v) is 12.7. The molecule has 2 atom stereocenters. The number of hydrogen-bond donors (Lipinski definition) is 3. The average Bonchev–Trinajstić information content (AvgIpc) is 2.56. The quantitative estimate of drug-likeness (QED) is 0.274. The van der Waals surface area contributed by atoms with Crippen LogP contribution in [-0.4, -0.2) is 39.2 Å². The Labute approximate surface area is 141 Å². The summed E-state index contributed by atoms with van der Waals surface area (Å²) in [7, 11) is 0. The van der Waals surface area contributed by atoms with Crippen molar-refractivity contribution in [3.8, 4) is 18.1 Å². The second-order valence-corrected chi connectivity index (χ2v) is 4.87. The van der Waals surface area contributed by atoms with Crippen LogP contribution in [0.15, 0.2) is 24.3 Å². The van der Waals surface area contributed by atoms with E-state index >= 15 is 0 Å². The number of aromatic hydroxyl groups is 1. The minimum Gasteiger partial charge on any atom is -0.508 e. The fourth-order valence-corrected chi connectivity index (χ4v) is 1.73. The zero-order valence-electron chi connectivity index (χ0n) is 12.7. The molecule has 9 heteroatoms. The molecule has 0 saturated carbocycles. The number of carboxylic acid groups (broad SMARTS) is 2. The van der Waals surface area contributed by atoms with Gasteiger partial charge >= 0.3 is 23.9 Å². The third-order valence-electron chi connectivity index (χ3n) is 3.07. The lowest BCUT2D eigenvalue weighted by Gasteiger charge is -2.12. The molecule has 0 aromatic heterocycles. The number of carbonyl (C=O) groups excluding carboxylic acids is 2. The lowest BCUT2D eigenvalue weighted by molar-refractivity contribution is -0.265. The van der Waals surface area contributed by atoms with Gasteiger partial charge in [0.1, 0.15) is 5.75 Å². The molecule has 1 aromatic rings. The predicted octanol–water partition coefficient (Wildman–Crippen LogP) is 0.361. The average molecular weight is 350 g/mol. The van der Waals surface area contributed by atoms with E-state index < -0.39 is 42.1 Å². The largest absolute Gasteiger partial charge is 0.508 e. The van der Waals surface area contributed by atoms with E-state index in [1.807, 2.05) is 5.92 Å². The summed E-state index contributed by atoms with van der Waals surface area (Å²) in [6.45, 7) is 0. The molecule has 0 saturated heterocycles. The van der Waals surface area contributed by atoms with Crippen LogP contribution >= 0.6 is 0 Å². The highest BCUT2D eigenvalue weighted by molar-refractivity contribution is 5.96. The van der Waals surface area contributed by atoms with Crippen molar-refractivity contribution in [3.05, 3.63) is 29.8 Å². The molecule has 0 fully saturated rings. The molecule has 0 amide bonds. The van der Waals surface area contributed by atoms with Crippen LogP contribution in [0.2, 0.25) is 0 Å². The van der Waals surface area contributed by atoms with E-state index in [1.165, 1.54) is 24.3 Å². The molecule has 0 bridgehead atoms. The first kappa shape index (κ1) is 19.5. The highest BCUT2D eigenvalue weighted by Gasteiger charge is 2.33. The molecule has 0 aliphatic rings. The van der Waals surface area contributed by atoms with Gasteiger partial charge < -0.3 is 15.3 Å². The first-order chi connectivity index (χ1) is 11.8. The summed E-state index contributed by atoms with van der Waals surface area (Å²) in [5.41, 5.74) is 0.407. The van der Waals surface area contributed by atoms with E-state index in [2.05, 4.69) is 9.78 Å². The van der Waals surface area contributed by atoms with E-state index in [-0.39, 0.29) is 12.2 Å². The fraction of sp³-hybridized carbons (Fsp3) is 0.250. The van der Waals surface area contributed by atoms with Gasteiger partial charge in [0.15, 0.2) is 11.8 Å². The van der Waals surface area contributed by atoms with Crippen molar-refractivity contribution < 1.29 is 44.3 Å². The van der Waals surface area contributed by atoms with E-state index in [1.54, 1.807) is 0 Å². The number of phenolic OH excluding ortho intramolecular Hbond substituents is 1. The van der Waals surface area contributed by atoms with Gasteiger partial charge in [-0.05, 0) is 24.1 Å². The summed E-state index contributed by atoms with van der Waals surface area (Å²) in [6.07, 6.45) is 4.14. The molecule has 1 rings (SSSR count). The molecule has 0 spiro atoms. The monoisotopic (exact) mass is 350 g/mol. The topological polar surface area (TPSA) is 147 Å². The van der Waals surface area contributed by atoms with Crippen LogP contribution in [0.3, 0.4) is 0 Å². The maximum absolute atomic E-state index is 11.8. The molecule has 0 aliphatic carbocycles. The molecule has 0 radical (unpaired) electrons. The molecular formula is C16H14O9. The van der Waals surface area contributed by atoms with Crippen LogP contribution in [0.1, 0.15) is 12.0 Å². The van der Waals surface area contributed by atoms with E-state index in [0.29, 0.717) is 5.56 Å². The highest BCUT2D eigenvalue weighted by atomic mass is 17.2. The predicted molar refractivity (Wildman–Crippen MR) is 79.7 cm³/mol. The van der Waals surface area contributed by atoms with Crippen molar-refractivity contribution >= 4 is 23.9 Å². The van der Waals surface area contributed by atoms with E-state index in [0.717, 1.165) is 0 Å². The van der Waals surface area contributed by atoms with Crippen molar-refractivity contribution in [1.82, 2.24) is 0 Å². The van der Waals surface area contributed by atoms with Crippen LogP contribution in [0.25, 0.3) is 0 Å². The summed E-state index contributed by atoms with van der Waals surface area (Å²) in [5, 5.41) is 27.1.